The van der Waals surface area contributed by atoms with Gasteiger partial charge in [0.05, 0.1) is 26.9 Å². The van der Waals surface area contributed by atoms with Crippen LogP contribution in [0.2, 0.25) is 0 Å². The minimum absolute atomic E-state index is 0.0522. The Labute approximate surface area is 123 Å². The molecule has 1 aromatic rings. The van der Waals surface area contributed by atoms with Gasteiger partial charge in [-0.2, -0.15) is 0 Å². The second-order valence-electron chi connectivity index (χ2n) is 3.69. The maximum atomic E-state index is 8.54. The second-order valence-corrected chi connectivity index (χ2v) is 5.34. The molecule has 0 amide bonds. The molecule has 0 aromatic heterocycles. The molecule has 1 rings (SSSR count). The van der Waals surface area contributed by atoms with Crippen LogP contribution in [0, 0.1) is 0 Å². The highest BCUT2D eigenvalue weighted by Crippen LogP contribution is 2.16. The number of thiocarbonyl (C=S) groups is 1. The van der Waals surface area contributed by atoms with Crippen LogP contribution in [0.5, 0.6) is 5.75 Å². The van der Waals surface area contributed by atoms with E-state index >= 15 is 0 Å². The first kappa shape index (κ1) is 16.2. The molecule has 19 heavy (non-hydrogen) atoms. The molecule has 0 aliphatic carbocycles. The van der Waals surface area contributed by atoms with Crippen molar-refractivity contribution in [2.24, 2.45) is 0 Å². The zero-order valence-corrected chi connectivity index (χ0v) is 12.6. The van der Waals surface area contributed by atoms with Gasteiger partial charge >= 0.3 is 0 Å². The number of thioether (sulfide) groups is 1. The molecule has 0 heterocycles. The molecule has 0 saturated heterocycles. The van der Waals surface area contributed by atoms with E-state index < -0.39 is 0 Å². The highest BCUT2D eigenvalue weighted by molar-refractivity contribution is 8.22. The molecule has 2 N–H and O–H groups in total. The number of aliphatic hydroxyl groups is 1. The number of nitrogens with one attached hydrogen (secondary N) is 1. The van der Waals surface area contributed by atoms with Crippen molar-refractivity contribution in [3.63, 3.8) is 0 Å². The van der Waals surface area contributed by atoms with Gasteiger partial charge in [-0.15, -0.1) is 0 Å². The molecule has 6 heteroatoms. The largest absolute Gasteiger partial charge is 0.497 e. The van der Waals surface area contributed by atoms with Crippen molar-refractivity contribution in [2.45, 2.75) is 5.75 Å². The van der Waals surface area contributed by atoms with Crippen molar-refractivity contribution >= 4 is 28.3 Å². The van der Waals surface area contributed by atoms with Crippen LogP contribution in [0.25, 0.3) is 0 Å². The van der Waals surface area contributed by atoms with Crippen molar-refractivity contribution in [1.82, 2.24) is 5.32 Å². The van der Waals surface area contributed by atoms with Crippen LogP contribution < -0.4 is 10.1 Å². The van der Waals surface area contributed by atoms with E-state index in [0.29, 0.717) is 19.8 Å². The molecule has 0 aliphatic heterocycles. The lowest BCUT2D eigenvalue weighted by molar-refractivity contribution is 0.0960. The standard InChI is InChI=1S/C13H19NO3S2/c1-16-12-4-2-11(3-5-12)10-19-13(18)14-6-8-17-9-7-15/h2-5,15H,6-10H2,1H3,(H,14,18). The van der Waals surface area contributed by atoms with Crippen molar-refractivity contribution in [1.29, 1.82) is 0 Å². The summed E-state index contributed by atoms with van der Waals surface area (Å²) in [6, 6.07) is 7.93. The summed E-state index contributed by atoms with van der Waals surface area (Å²) in [5, 5.41) is 11.6. The van der Waals surface area contributed by atoms with Crippen LogP contribution in [-0.4, -0.2) is 42.9 Å². The van der Waals surface area contributed by atoms with Crippen molar-refractivity contribution in [2.75, 3.05) is 33.5 Å². The fourth-order valence-corrected chi connectivity index (χ4v) is 2.29. The average Bonchev–Trinajstić information content (AvgIpc) is 2.45. The third kappa shape index (κ3) is 7.37. The second kappa shape index (κ2) is 10.0. The molecule has 0 atom stereocenters. The van der Waals surface area contributed by atoms with Gasteiger partial charge in [-0.3, -0.25) is 0 Å². The van der Waals surface area contributed by atoms with Crippen LogP contribution in [-0.2, 0) is 10.5 Å². The molecule has 4 nitrogen and oxygen atoms in total. The summed E-state index contributed by atoms with van der Waals surface area (Å²) >= 11 is 6.78. The van der Waals surface area contributed by atoms with Gasteiger partial charge in [-0.25, -0.2) is 0 Å². The molecular formula is C13H19NO3S2. The molecule has 0 spiro atoms. The van der Waals surface area contributed by atoms with Gasteiger partial charge in [0.25, 0.3) is 0 Å². The van der Waals surface area contributed by atoms with E-state index in [-0.39, 0.29) is 6.61 Å². The quantitative estimate of drug-likeness (QED) is 0.564. The van der Waals surface area contributed by atoms with Crippen LogP contribution in [0.1, 0.15) is 5.56 Å². The average molecular weight is 301 g/mol. The van der Waals surface area contributed by atoms with E-state index in [1.54, 1.807) is 18.9 Å². The third-order valence-electron chi connectivity index (χ3n) is 2.28. The topological polar surface area (TPSA) is 50.7 Å². The highest BCUT2D eigenvalue weighted by atomic mass is 32.2. The first-order chi connectivity index (χ1) is 9.26. The lowest BCUT2D eigenvalue weighted by Crippen LogP contribution is -2.23. The molecule has 0 saturated carbocycles. The third-order valence-corrected chi connectivity index (χ3v) is 3.66. The van der Waals surface area contributed by atoms with Crippen molar-refractivity contribution < 1.29 is 14.6 Å². The Hall–Kier alpha value is -0.820. The fraction of sp³-hybridized carbons (Fsp3) is 0.462. The minimum Gasteiger partial charge on any atom is -0.497 e. The minimum atomic E-state index is 0.0522. The monoisotopic (exact) mass is 301 g/mol. The lowest BCUT2D eigenvalue weighted by Gasteiger charge is -2.08. The zero-order chi connectivity index (χ0) is 13.9. The summed E-state index contributed by atoms with van der Waals surface area (Å²) in [6.45, 7) is 1.63. The molecule has 0 radical (unpaired) electrons. The summed E-state index contributed by atoms with van der Waals surface area (Å²) in [5.74, 6) is 1.68. The molecule has 0 unspecified atom stereocenters. The number of methoxy groups -OCH3 is 1. The van der Waals surface area contributed by atoms with Gasteiger partial charge in [0.15, 0.2) is 0 Å². The SMILES string of the molecule is COc1ccc(CSC(=S)NCCOCCO)cc1. The molecule has 0 fully saturated rings. The van der Waals surface area contributed by atoms with Crippen molar-refractivity contribution in [3.8, 4) is 5.75 Å². The number of aliphatic hydroxyl groups excluding tert-OH is 1. The number of rotatable bonds is 8. The molecule has 106 valence electrons. The van der Waals surface area contributed by atoms with Gasteiger partial charge in [-0.05, 0) is 17.7 Å². The van der Waals surface area contributed by atoms with Gasteiger partial charge < -0.3 is 19.9 Å². The van der Waals surface area contributed by atoms with Crippen molar-refractivity contribution in [3.05, 3.63) is 29.8 Å². The van der Waals surface area contributed by atoms with E-state index in [0.717, 1.165) is 15.8 Å². The Morgan fingerprint density at radius 3 is 2.68 bits per heavy atom. The molecule has 0 bridgehead atoms. The van der Waals surface area contributed by atoms with Gasteiger partial charge in [0.2, 0.25) is 0 Å². The predicted octanol–water partition coefficient (Wildman–Crippen LogP) is 1.81. The Morgan fingerprint density at radius 2 is 2.05 bits per heavy atom. The maximum absolute atomic E-state index is 8.54. The van der Waals surface area contributed by atoms with Crippen LogP contribution in [0.15, 0.2) is 24.3 Å². The number of benzene rings is 1. The van der Waals surface area contributed by atoms with E-state index in [1.807, 2.05) is 24.3 Å². The van der Waals surface area contributed by atoms with E-state index in [4.69, 9.17) is 26.8 Å². The van der Waals surface area contributed by atoms with E-state index in [2.05, 4.69) is 5.32 Å². The fourth-order valence-electron chi connectivity index (χ4n) is 1.31. The Bertz CT molecular complexity index is 371. The first-order valence-corrected chi connectivity index (χ1v) is 7.38. The number of hydrogen-bond acceptors (Lipinski definition) is 5. The summed E-state index contributed by atoms with van der Waals surface area (Å²) in [7, 11) is 1.65. The Morgan fingerprint density at radius 1 is 1.32 bits per heavy atom. The molecule has 0 aliphatic rings. The summed E-state index contributed by atoms with van der Waals surface area (Å²) < 4.78 is 11.0. The number of hydrogen-bond donors (Lipinski definition) is 2. The maximum Gasteiger partial charge on any atom is 0.134 e. The van der Waals surface area contributed by atoms with E-state index in [9.17, 15) is 0 Å². The van der Waals surface area contributed by atoms with E-state index in [1.165, 1.54) is 5.56 Å². The molecular weight excluding hydrogens is 282 g/mol. The van der Waals surface area contributed by atoms with Gasteiger partial charge in [0, 0.05) is 12.3 Å². The van der Waals surface area contributed by atoms with Crippen LogP contribution >= 0.6 is 24.0 Å². The van der Waals surface area contributed by atoms with Gasteiger partial charge in [-0.1, -0.05) is 36.1 Å². The first-order valence-electron chi connectivity index (χ1n) is 5.98. The van der Waals surface area contributed by atoms with Crippen LogP contribution in [0.4, 0.5) is 0 Å². The summed E-state index contributed by atoms with van der Waals surface area (Å²) in [6.07, 6.45) is 0. The summed E-state index contributed by atoms with van der Waals surface area (Å²) in [4.78, 5) is 0. The zero-order valence-electron chi connectivity index (χ0n) is 10.9. The normalized spacial score (nSPS) is 10.2. The van der Waals surface area contributed by atoms with Crippen LogP contribution in [0.3, 0.4) is 0 Å². The predicted molar refractivity (Wildman–Crippen MR) is 82.8 cm³/mol. The lowest BCUT2D eigenvalue weighted by atomic mass is 10.2. The smallest absolute Gasteiger partial charge is 0.134 e. The Kier molecular flexibility index (Phi) is 8.57. The Balaban J connectivity index is 2.15. The molecule has 1 aromatic carbocycles. The summed E-state index contributed by atoms with van der Waals surface area (Å²) in [5.41, 5.74) is 1.20. The number of ether oxygens (including phenoxy) is 2. The highest BCUT2D eigenvalue weighted by Gasteiger charge is 1.99. The van der Waals surface area contributed by atoms with Gasteiger partial charge in [0.1, 0.15) is 10.1 Å².